The Morgan fingerprint density at radius 3 is 2.47 bits per heavy atom. The number of rotatable bonds is 4. The van der Waals surface area contributed by atoms with Crippen LogP contribution in [-0.4, -0.2) is 17.2 Å². The average Bonchev–Trinajstić information content (AvgIpc) is 3.45. The van der Waals surface area contributed by atoms with Gasteiger partial charge in [-0.2, -0.15) is 0 Å². The molecule has 30 heavy (non-hydrogen) atoms. The van der Waals surface area contributed by atoms with Crippen LogP contribution in [0, 0.1) is 6.92 Å². The summed E-state index contributed by atoms with van der Waals surface area (Å²) in [6.45, 7) is 1.94. The minimum absolute atomic E-state index is 0.0344. The van der Waals surface area contributed by atoms with Crippen LogP contribution in [0.15, 0.2) is 60.7 Å². The van der Waals surface area contributed by atoms with E-state index in [1.807, 2.05) is 43.3 Å². The minimum Gasteiger partial charge on any atom is -0.395 e. The first-order valence-electron chi connectivity index (χ1n) is 9.61. The molecule has 5 rings (SSSR count). The van der Waals surface area contributed by atoms with Crippen LogP contribution in [-0.2, 0) is 10.2 Å². The summed E-state index contributed by atoms with van der Waals surface area (Å²) in [5.41, 5.74) is 2.52. The maximum atomic E-state index is 13.3. The van der Waals surface area contributed by atoms with Gasteiger partial charge in [-0.3, -0.25) is 4.79 Å². The maximum absolute atomic E-state index is 13.3. The third-order valence-corrected chi connectivity index (χ3v) is 5.42. The van der Waals surface area contributed by atoms with Crippen molar-refractivity contribution in [3.63, 3.8) is 0 Å². The highest BCUT2D eigenvalue weighted by Crippen LogP contribution is 2.52. The normalized spacial score (nSPS) is 17.4. The first-order valence-corrected chi connectivity index (χ1v) is 9.61. The lowest BCUT2D eigenvalue weighted by atomic mass is 9.94. The predicted octanol–water partition coefficient (Wildman–Crippen LogP) is 5.05. The number of amides is 1. The minimum atomic E-state index is -3.68. The average molecular weight is 408 g/mol. The van der Waals surface area contributed by atoms with Crippen LogP contribution in [0.4, 0.5) is 14.6 Å². The number of aryl methyl sites for hydroxylation is 1. The molecule has 1 N–H and O–H groups in total. The van der Waals surface area contributed by atoms with E-state index in [0.717, 1.165) is 16.8 Å². The lowest BCUT2D eigenvalue weighted by molar-refractivity contribution is -0.286. The number of hydrogen-bond donors (Lipinski definition) is 1. The van der Waals surface area contributed by atoms with Crippen molar-refractivity contribution in [2.45, 2.75) is 31.5 Å². The zero-order chi connectivity index (χ0) is 20.9. The van der Waals surface area contributed by atoms with Gasteiger partial charge < -0.3 is 14.8 Å². The number of ether oxygens (including phenoxy) is 2. The number of carbonyl (C=O) groups is 1. The van der Waals surface area contributed by atoms with Crippen LogP contribution in [0.2, 0.25) is 0 Å². The number of alkyl halides is 2. The molecule has 2 aromatic carbocycles. The number of hydrogen-bond acceptors (Lipinski definition) is 4. The molecule has 0 atom stereocenters. The number of nitrogens with one attached hydrogen (secondary N) is 1. The molecule has 3 aromatic rings. The van der Waals surface area contributed by atoms with E-state index in [9.17, 15) is 13.6 Å². The summed E-state index contributed by atoms with van der Waals surface area (Å²) in [6.07, 6.45) is -2.45. The van der Waals surface area contributed by atoms with Crippen molar-refractivity contribution >= 4 is 11.7 Å². The summed E-state index contributed by atoms with van der Waals surface area (Å²) in [6, 6.07) is 18.0. The van der Waals surface area contributed by atoms with E-state index in [2.05, 4.69) is 19.8 Å². The van der Waals surface area contributed by atoms with Crippen LogP contribution in [0.1, 0.15) is 24.0 Å². The van der Waals surface area contributed by atoms with Crippen molar-refractivity contribution in [3.8, 4) is 22.8 Å². The van der Waals surface area contributed by atoms with Gasteiger partial charge in [0, 0.05) is 5.56 Å². The standard InChI is InChI=1S/C23H18F2N2O3/c1-14-11-17(15-5-3-2-4-6-15)26-20(12-14)27-21(28)22(9-10-22)16-7-8-18-19(13-16)30-23(24,25)29-18/h2-8,11-13H,9-10H2,1H3,(H,26,27,28). The van der Waals surface area contributed by atoms with Gasteiger partial charge in [0.1, 0.15) is 5.82 Å². The lowest BCUT2D eigenvalue weighted by Gasteiger charge is -2.16. The van der Waals surface area contributed by atoms with Crippen molar-refractivity contribution in [3.05, 3.63) is 71.8 Å². The van der Waals surface area contributed by atoms with Gasteiger partial charge in [-0.25, -0.2) is 4.98 Å². The maximum Gasteiger partial charge on any atom is 0.586 e. The fourth-order valence-electron chi connectivity index (χ4n) is 3.74. The number of nitrogens with zero attached hydrogens (tertiary/aromatic N) is 1. The number of aromatic nitrogens is 1. The smallest absolute Gasteiger partial charge is 0.395 e. The fraction of sp³-hybridized carbons (Fsp3) is 0.217. The second-order valence-corrected chi connectivity index (χ2v) is 7.65. The third-order valence-electron chi connectivity index (χ3n) is 5.42. The number of carbonyl (C=O) groups excluding carboxylic acids is 1. The first-order chi connectivity index (χ1) is 14.3. The van der Waals surface area contributed by atoms with Gasteiger partial charge in [0.05, 0.1) is 11.1 Å². The summed E-state index contributed by atoms with van der Waals surface area (Å²) in [7, 11) is 0. The predicted molar refractivity (Wildman–Crippen MR) is 107 cm³/mol. The van der Waals surface area contributed by atoms with E-state index >= 15 is 0 Å². The van der Waals surface area contributed by atoms with E-state index in [1.54, 1.807) is 12.1 Å². The zero-order valence-electron chi connectivity index (χ0n) is 16.1. The number of halogens is 2. The number of pyridine rings is 1. The van der Waals surface area contributed by atoms with E-state index < -0.39 is 11.7 Å². The van der Waals surface area contributed by atoms with Crippen molar-refractivity contribution in [1.82, 2.24) is 4.98 Å². The molecule has 0 radical (unpaired) electrons. The second-order valence-electron chi connectivity index (χ2n) is 7.65. The largest absolute Gasteiger partial charge is 0.586 e. The Morgan fingerprint density at radius 1 is 1.00 bits per heavy atom. The molecule has 1 fully saturated rings. The highest BCUT2D eigenvalue weighted by molar-refractivity contribution is 6.01. The number of anilines is 1. The van der Waals surface area contributed by atoms with Crippen molar-refractivity contribution < 1.29 is 23.0 Å². The molecule has 7 heteroatoms. The third kappa shape index (κ3) is 3.26. The van der Waals surface area contributed by atoms with Crippen molar-refractivity contribution in [1.29, 1.82) is 0 Å². The summed E-state index contributed by atoms with van der Waals surface area (Å²) >= 11 is 0. The molecule has 152 valence electrons. The molecule has 5 nitrogen and oxygen atoms in total. The monoisotopic (exact) mass is 408 g/mol. The molecular weight excluding hydrogens is 390 g/mol. The summed E-state index contributed by atoms with van der Waals surface area (Å²) in [5.74, 6) is 0.145. The Balaban J connectivity index is 1.41. The number of fused-ring (bicyclic) bond motifs is 1. The van der Waals surface area contributed by atoms with E-state index in [4.69, 9.17) is 0 Å². The molecule has 0 unspecified atom stereocenters. The molecule has 2 heterocycles. The first kappa shape index (κ1) is 18.5. The molecule has 1 saturated carbocycles. The molecule has 0 saturated heterocycles. The summed E-state index contributed by atoms with van der Waals surface area (Å²) < 4.78 is 35.6. The Hall–Kier alpha value is -3.48. The van der Waals surface area contributed by atoms with Gasteiger partial charge in [0.25, 0.3) is 0 Å². The highest BCUT2D eigenvalue weighted by atomic mass is 19.3. The summed E-state index contributed by atoms with van der Waals surface area (Å²) in [5, 5.41) is 2.91. The SMILES string of the molecule is Cc1cc(NC(=O)C2(c3ccc4c(c3)OC(F)(F)O4)CC2)nc(-c2ccccc2)c1. The van der Waals surface area contributed by atoms with E-state index in [-0.39, 0.29) is 17.4 Å². The highest BCUT2D eigenvalue weighted by Gasteiger charge is 2.53. The van der Waals surface area contributed by atoms with Gasteiger partial charge in [-0.15, -0.1) is 8.78 Å². The van der Waals surface area contributed by atoms with Gasteiger partial charge in [0.15, 0.2) is 11.5 Å². The van der Waals surface area contributed by atoms with E-state index in [1.165, 1.54) is 12.1 Å². The Bertz CT molecular complexity index is 1140. The Kier molecular flexibility index (Phi) is 4.03. The van der Waals surface area contributed by atoms with Crippen LogP contribution in [0.25, 0.3) is 11.3 Å². The molecule has 1 aliphatic heterocycles. The number of benzene rings is 2. The molecule has 1 amide bonds. The second kappa shape index (κ2) is 6.52. The van der Waals surface area contributed by atoms with Gasteiger partial charge >= 0.3 is 6.29 Å². The fourth-order valence-corrected chi connectivity index (χ4v) is 3.74. The van der Waals surface area contributed by atoms with Crippen LogP contribution in [0.5, 0.6) is 11.5 Å². The van der Waals surface area contributed by atoms with Crippen LogP contribution in [0.3, 0.4) is 0 Å². The Labute approximate surface area is 171 Å². The lowest BCUT2D eigenvalue weighted by Crippen LogP contribution is -2.28. The topological polar surface area (TPSA) is 60.5 Å². The summed E-state index contributed by atoms with van der Waals surface area (Å²) in [4.78, 5) is 17.7. The molecule has 2 aliphatic rings. The molecule has 1 aliphatic carbocycles. The van der Waals surface area contributed by atoms with Crippen molar-refractivity contribution in [2.75, 3.05) is 5.32 Å². The van der Waals surface area contributed by atoms with Gasteiger partial charge in [-0.1, -0.05) is 36.4 Å². The van der Waals surface area contributed by atoms with Crippen molar-refractivity contribution in [2.24, 2.45) is 0 Å². The molecule has 1 aromatic heterocycles. The van der Waals surface area contributed by atoms with Gasteiger partial charge in [-0.05, 0) is 55.2 Å². The quantitative estimate of drug-likeness (QED) is 0.656. The van der Waals surface area contributed by atoms with Gasteiger partial charge in [0.2, 0.25) is 5.91 Å². The van der Waals surface area contributed by atoms with E-state index in [0.29, 0.717) is 24.2 Å². The zero-order valence-corrected chi connectivity index (χ0v) is 16.1. The molecular formula is C23H18F2N2O3. The molecule has 0 bridgehead atoms. The van der Waals surface area contributed by atoms with Crippen LogP contribution < -0.4 is 14.8 Å². The molecule has 0 spiro atoms. The Morgan fingerprint density at radius 2 is 1.73 bits per heavy atom. The van der Waals surface area contributed by atoms with Crippen LogP contribution >= 0.6 is 0 Å².